The van der Waals surface area contributed by atoms with Crippen LogP contribution in [-0.4, -0.2) is 0 Å². The molecular weight excluding hydrogens is 707 g/mol. The number of anilines is 3. The van der Waals surface area contributed by atoms with Crippen molar-refractivity contribution in [2.45, 2.75) is 5.41 Å². The highest BCUT2D eigenvalue weighted by Gasteiger charge is 2.53. The van der Waals surface area contributed by atoms with E-state index in [2.05, 4.69) is 211 Å². The first-order valence-corrected chi connectivity index (χ1v) is 19.9. The van der Waals surface area contributed by atoms with Gasteiger partial charge in [0.05, 0.1) is 16.8 Å². The van der Waals surface area contributed by atoms with Crippen LogP contribution >= 0.6 is 0 Å². The monoisotopic (exact) mass is 741 g/mol. The molecule has 1 aliphatic heterocycles. The van der Waals surface area contributed by atoms with Gasteiger partial charge in [-0.05, 0) is 92.0 Å². The van der Waals surface area contributed by atoms with Crippen LogP contribution in [-0.2, 0) is 5.41 Å². The van der Waals surface area contributed by atoms with Crippen LogP contribution in [0.3, 0.4) is 0 Å². The second-order valence-electron chi connectivity index (χ2n) is 15.1. The van der Waals surface area contributed by atoms with E-state index < -0.39 is 5.41 Å². The minimum absolute atomic E-state index is 0.488. The molecule has 12 rings (SSSR count). The van der Waals surface area contributed by atoms with Gasteiger partial charge < -0.3 is 14.4 Å². The molecule has 3 nitrogen and oxygen atoms in total. The quantitative estimate of drug-likeness (QED) is 0.175. The van der Waals surface area contributed by atoms with Gasteiger partial charge in [0, 0.05) is 16.8 Å². The van der Waals surface area contributed by atoms with Gasteiger partial charge in [-0.15, -0.1) is 0 Å². The normalized spacial score (nSPS) is 13.2. The summed E-state index contributed by atoms with van der Waals surface area (Å²) in [4.78, 5) is 2.31. The maximum atomic E-state index is 7.38. The molecule has 2 aliphatic carbocycles. The van der Waals surface area contributed by atoms with Gasteiger partial charge >= 0.3 is 0 Å². The summed E-state index contributed by atoms with van der Waals surface area (Å²) in [6, 6.07) is 75.7. The van der Waals surface area contributed by atoms with Crippen LogP contribution in [0.15, 0.2) is 212 Å². The third-order valence-electron chi connectivity index (χ3n) is 12.2. The zero-order valence-corrected chi connectivity index (χ0v) is 31.5. The zero-order valence-electron chi connectivity index (χ0n) is 31.5. The molecule has 0 amide bonds. The number of benzene rings is 9. The van der Waals surface area contributed by atoms with E-state index in [1.807, 2.05) is 6.07 Å². The number of rotatable bonds is 5. The van der Waals surface area contributed by atoms with Gasteiger partial charge in [-0.2, -0.15) is 0 Å². The number of fused-ring (bicyclic) bond motifs is 13. The molecule has 0 saturated carbocycles. The molecule has 1 heterocycles. The molecule has 3 heteroatoms. The van der Waals surface area contributed by atoms with Crippen molar-refractivity contribution in [3.05, 3.63) is 235 Å². The summed E-state index contributed by atoms with van der Waals surface area (Å²) in [5.41, 5.74) is 16.9. The van der Waals surface area contributed by atoms with Gasteiger partial charge in [-0.3, -0.25) is 0 Å². The standard InChI is InChI=1S/C55H35NO2/c1-3-18-36(19-4-1)38-22-7-8-23-39(38)42-26-12-16-31-48(42)56(37-20-5-2-6-21-37)49-32-17-33-50-53(49)58-54-51(57-50)35-34-47-52(54)43-27-11-15-30-46(43)55(47)44-28-13-9-24-40(44)41-25-10-14-29-45(41)55/h1-35H. The van der Waals surface area contributed by atoms with Crippen LogP contribution < -0.4 is 14.4 Å². The van der Waals surface area contributed by atoms with Gasteiger partial charge in [-0.1, -0.05) is 176 Å². The average Bonchev–Trinajstić information content (AvgIpc) is 3.77. The van der Waals surface area contributed by atoms with Crippen LogP contribution in [0.4, 0.5) is 17.1 Å². The summed E-state index contributed by atoms with van der Waals surface area (Å²) in [7, 11) is 0. The SMILES string of the molecule is c1ccc(-c2ccccc2-c2ccccc2N(c2ccccc2)c2cccc3c2Oc2c(ccc4c2-c2ccccc2C42c4ccccc4-c4ccccc42)O3)cc1. The van der Waals surface area contributed by atoms with Gasteiger partial charge in [-0.25, -0.2) is 0 Å². The molecule has 0 atom stereocenters. The topological polar surface area (TPSA) is 21.7 Å². The Balaban J connectivity index is 1.07. The lowest BCUT2D eigenvalue weighted by atomic mass is 9.70. The molecule has 0 saturated heterocycles. The maximum Gasteiger partial charge on any atom is 0.194 e. The summed E-state index contributed by atoms with van der Waals surface area (Å²) in [5, 5.41) is 0. The highest BCUT2D eigenvalue weighted by atomic mass is 16.6. The van der Waals surface area contributed by atoms with Crippen molar-refractivity contribution >= 4 is 17.1 Å². The fourth-order valence-electron chi connectivity index (χ4n) is 9.87. The number of para-hydroxylation sites is 3. The summed E-state index contributed by atoms with van der Waals surface area (Å²) in [6.07, 6.45) is 0. The van der Waals surface area contributed by atoms with E-state index in [0.717, 1.165) is 45.1 Å². The van der Waals surface area contributed by atoms with E-state index in [1.165, 1.54) is 44.5 Å². The van der Waals surface area contributed by atoms with Crippen molar-refractivity contribution in [3.8, 4) is 67.5 Å². The van der Waals surface area contributed by atoms with E-state index in [4.69, 9.17) is 9.47 Å². The summed E-state index contributed by atoms with van der Waals surface area (Å²) >= 11 is 0. The van der Waals surface area contributed by atoms with Crippen molar-refractivity contribution < 1.29 is 9.47 Å². The smallest absolute Gasteiger partial charge is 0.194 e. The fourth-order valence-corrected chi connectivity index (χ4v) is 9.87. The van der Waals surface area contributed by atoms with Crippen LogP contribution in [0.1, 0.15) is 22.3 Å². The van der Waals surface area contributed by atoms with Crippen LogP contribution in [0, 0.1) is 0 Å². The molecule has 272 valence electrons. The van der Waals surface area contributed by atoms with E-state index in [0.29, 0.717) is 17.2 Å². The minimum atomic E-state index is -0.488. The van der Waals surface area contributed by atoms with Crippen LogP contribution in [0.5, 0.6) is 23.0 Å². The Kier molecular flexibility index (Phi) is 7.14. The number of hydrogen-bond acceptors (Lipinski definition) is 3. The average molecular weight is 742 g/mol. The van der Waals surface area contributed by atoms with Gasteiger partial charge in [0.25, 0.3) is 0 Å². The summed E-state index contributed by atoms with van der Waals surface area (Å²) < 4.78 is 14.3. The van der Waals surface area contributed by atoms with E-state index >= 15 is 0 Å². The predicted octanol–water partition coefficient (Wildman–Crippen LogP) is 14.7. The van der Waals surface area contributed by atoms with Crippen molar-refractivity contribution in [2.24, 2.45) is 0 Å². The van der Waals surface area contributed by atoms with Crippen molar-refractivity contribution in [1.29, 1.82) is 0 Å². The molecular formula is C55H35NO2. The van der Waals surface area contributed by atoms with E-state index in [1.54, 1.807) is 0 Å². The molecule has 58 heavy (non-hydrogen) atoms. The highest BCUT2D eigenvalue weighted by Crippen LogP contribution is 2.67. The lowest BCUT2D eigenvalue weighted by Crippen LogP contribution is -2.25. The highest BCUT2D eigenvalue weighted by molar-refractivity contribution is 5.99. The Morgan fingerprint density at radius 1 is 0.310 bits per heavy atom. The summed E-state index contributed by atoms with van der Waals surface area (Å²) in [6.45, 7) is 0. The Morgan fingerprint density at radius 3 is 1.53 bits per heavy atom. The Labute approximate surface area is 337 Å². The molecule has 0 fully saturated rings. The van der Waals surface area contributed by atoms with Crippen molar-refractivity contribution in [1.82, 2.24) is 0 Å². The second kappa shape index (κ2) is 12.7. The minimum Gasteiger partial charge on any atom is -0.449 e. The first-order valence-electron chi connectivity index (χ1n) is 19.9. The molecule has 0 bridgehead atoms. The zero-order chi connectivity index (χ0) is 38.2. The Bertz CT molecular complexity index is 3030. The number of hydrogen-bond donors (Lipinski definition) is 0. The maximum absolute atomic E-state index is 7.38. The van der Waals surface area contributed by atoms with E-state index in [9.17, 15) is 0 Å². The molecule has 9 aromatic rings. The fraction of sp³-hybridized carbons (Fsp3) is 0.0182. The molecule has 9 aromatic carbocycles. The molecule has 0 N–H and O–H groups in total. The van der Waals surface area contributed by atoms with Gasteiger partial charge in [0.2, 0.25) is 0 Å². The molecule has 0 radical (unpaired) electrons. The predicted molar refractivity (Wildman–Crippen MR) is 235 cm³/mol. The van der Waals surface area contributed by atoms with Crippen LogP contribution in [0.2, 0.25) is 0 Å². The van der Waals surface area contributed by atoms with Crippen molar-refractivity contribution in [3.63, 3.8) is 0 Å². The summed E-state index contributed by atoms with van der Waals surface area (Å²) in [5.74, 6) is 2.78. The van der Waals surface area contributed by atoms with Crippen molar-refractivity contribution in [2.75, 3.05) is 4.90 Å². The Hall–Kier alpha value is -7.62. The largest absolute Gasteiger partial charge is 0.449 e. The van der Waals surface area contributed by atoms with Crippen LogP contribution in [0.25, 0.3) is 44.5 Å². The second-order valence-corrected chi connectivity index (χ2v) is 15.1. The van der Waals surface area contributed by atoms with Gasteiger partial charge in [0.1, 0.15) is 0 Å². The number of ether oxygens (including phenoxy) is 2. The molecule has 3 aliphatic rings. The third kappa shape index (κ3) is 4.56. The van der Waals surface area contributed by atoms with E-state index in [-0.39, 0.29) is 0 Å². The molecule has 1 spiro atoms. The lowest BCUT2D eigenvalue weighted by molar-refractivity contribution is 0.361. The number of nitrogens with zero attached hydrogens (tertiary/aromatic N) is 1. The third-order valence-corrected chi connectivity index (χ3v) is 12.2. The molecule has 0 aromatic heterocycles. The van der Waals surface area contributed by atoms with Gasteiger partial charge in [0.15, 0.2) is 23.0 Å². The first kappa shape index (κ1) is 32.6. The Morgan fingerprint density at radius 2 is 0.828 bits per heavy atom. The first-order chi connectivity index (χ1) is 28.8. The lowest BCUT2D eigenvalue weighted by Gasteiger charge is -2.33. The molecule has 0 unspecified atom stereocenters.